The standard InChI is InChI=1S/C18H25NOS/c1-12-8-9-13(15(20)10-12)18(2,3)11-17-19-14-6-4-5-7-16(14)21-17/h4-7,12-13,15,20H,8-11H2,1-3H3. The largest absolute Gasteiger partial charge is 0.393 e. The van der Waals surface area contributed by atoms with E-state index in [-0.39, 0.29) is 11.5 Å². The van der Waals surface area contributed by atoms with Crippen molar-refractivity contribution in [3.63, 3.8) is 0 Å². The molecule has 2 nitrogen and oxygen atoms in total. The van der Waals surface area contributed by atoms with Gasteiger partial charge in [0.15, 0.2) is 0 Å². The number of thiazole rings is 1. The zero-order valence-electron chi connectivity index (χ0n) is 13.2. The molecule has 0 radical (unpaired) electrons. The van der Waals surface area contributed by atoms with E-state index in [1.807, 2.05) is 6.07 Å². The quantitative estimate of drug-likeness (QED) is 0.894. The lowest BCUT2D eigenvalue weighted by Crippen LogP contribution is -2.39. The van der Waals surface area contributed by atoms with Gasteiger partial charge < -0.3 is 5.11 Å². The molecule has 0 amide bonds. The minimum atomic E-state index is -0.155. The fourth-order valence-corrected chi connectivity index (χ4v) is 4.99. The predicted molar refractivity (Wildman–Crippen MR) is 89.6 cm³/mol. The number of benzene rings is 1. The number of hydrogen-bond acceptors (Lipinski definition) is 3. The molecule has 1 aliphatic rings. The van der Waals surface area contributed by atoms with Crippen LogP contribution >= 0.6 is 11.3 Å². The second-order valence-corrected chi connectivity index (χ2v) is 8.45. The highest BCUT2D eigenvalue weighted by molar-refractivity contribution is 7.18. The van der Waals surface area contributed by atoms with Crippen molar-refractivity contribution in [3.8, 4) is 0 Å². The molecule has 21 heavy (non-hydrogen) atoms. The highest BCUT2D eigenvalue weighted by Gasteiger charge is 2.38. The van der Waals surface area contributed by atoms with Gasteiger partial charge in [0.25, 0.3) is 0 Å². The van der Waals surface area contributed by atoms with Gasteiger partial charge in [-0.25, -0.2) is 4.98 Å². The summed E-state index contributed by atoms with van der Waals surface area (Å²) in [7, 11) is 0. The number of rotatable bonds is 3. The van der Waals surface area contributed by atoms with Gasteiger partial charge in [-0.1, -0.05) is 39.3 Å². The van der Waals surface area contributed by atoms with E-state index >= 15 is 0 Å². The van der Waals surface area contributed by atoms with Crippen LogP contribution in [-0.4, -0.2) is 16.2 Å². The Balaban J connectivity index is 1.78. The molecular formula is C18H25NOS. The number of hydrogen-bond donors (Lipinski definition) is 1. The topological polar surface area (TPSA) is 33.1 Å². The Kier molecular flexibility index (Phi) is 4.06. The van der Waals surface area contributed by atoms with E-state index in [0.29, 0.717) is 11.8 Å². The van der Waals surface area contributed by atoms with Gasteiger partial charge in [-0.15, -0.1) is 11.3 Å². The third-order valence-corrected chi connectivity index (χ3v) is 6.06. The van der Waals surface area contributed by atoms with Crippen molar-refractivity contribution >= 4 is 21.6 Å². The zero-order valence-corrected chi connectivity index (χ0v) is 14.0. The van der Waals surface area contributed by atoms with Gasteiger partial charge in [-0.2, -0.15) is 0 Å². The van der Waals surface area contributed by atoms with Crippen LogP contribution in [0, 0.1) is 17.3 Å². The second kappa shape index (κ2) is 5.69. The van der Waals surface area contributed by atoms with E-state index in [1.54, 1.807) is 11.3 Å². The summed E-state index contributed by atoms with van der Waals surface area (Å²) in [5.41, 5.74) is 1.21. The molecule has 3 rings (SSSR count). The van der Waals surface area contributed by atoms with Crippen LogP contribution in [0.25, 0.3) is 10.2 Å². The summed E-state index contributed by atoms with van der Waals surface area (Å²) in [6.07, 6.45) is 4.14. The molecule has 2 aromatic rings. The molecule has 0 bridgehead atoms. The van der Waals surface area contributed by atoms with Crippen molar-refractivity contribution in [3.05, 3.63) is 29.3 Å². The molecule has 0 saturated heterocycles. The molecular weight excluding hydrogens is 278 g/mol. The fourth-order valence-electron chi connectivity index (χ4n) is 3.78. The number of aliphatic hydroxyl groups excluding tert-OH is 1. The monoisotopic (exact) mass is 303 g/mol. The summed E-state index contributed by atoms with van der Waals surface area (Å²) in [4.78, 5) is 4.77. The number of aromatic nitrogens is 1. The van der Waals surface area contributed by atoms with Gasteiger partial charge in [0.1, 0.15) is 0 Å². The molecule has 1 aromatic carbocycles. The van der Waals surface area contributed by atoms with Crippen molar-refractivity contribution in [2.75, 3.05) is 0 Å². The molecule has 1 fully saturated rings. The molecule has 3 atom stereocenters. The van der Waals surface area contributed by atoms with E-state index in [2.05, 4.69) is 39.0 Å². The first kappa shape index (κ1) is 15.0. The van der Waals surface area contributed by atoms with Crippen LogP contribution in [-0.2, 0) is 6.42 Å². The molecule has 1 N–H and O–H groups in total. The molecule has 1 aliphatic carbocycles. The lowest BCUT2D eigenvalue weighted by Gasteiger charge is -2.41. The number of aliphatic hydroxyl groups is 1. The highest BCUT2D eigenvalue weighted by Crippen LogP contribution is 2.43. The highest BCUT2D eigenvalue weighted by atomic mass is 32.1. The third kappa shape index (κ3) is 3.14. The van der Waals surface area contributed by atoms with Gasteiger partial charge >= 0.3 is 0 Å². The minimum absolute atomic E-state index is 0.105. The van der Waals surface area contributed by atoms with Crippen molar-refractivity contribution < 1.29 is 5.11 Å². The van der Waals surface area contributed by atoms with Gasteiger partial charge in [-0.3, -0.25) is 0 Å². The van der Waals surface area contributed by atoms with Crippen LogP contribution < -0.4 is 0 Å². The van der Waals surface area contributed by atoms with Crippen LogP contribution in [0.4, 0.5) is 0 Å². The molecule has 1 aromatic heterocycles. The molecule has 114 valence electrons. The van der Waals surface area contributed by atoms with Gasteiger partial charge in [0, 0.05) is 6.42 Å². The van der Waals surface area contributed by atoms with Gasteiger partial charge in [0.05, 0.1) is 21.3 Å². The lowest BCUT2D eigenvalue weighted by atomic mass is 9.66. The van der Waals surface area contributed by atoms with Crippen LogP contribution in [0.2, 0.25) is 0 Å². The summed E-state index contributed by atoms with van der Waals surface area (Å²) in [6.45, 7) is 6.84. The van der Waals surface area contributed by atoms with Gasteiger partial charge in [0.2, 0.25) is 0 Å². The summed E-state index contributed by atoms with van der Waals surface area (Å²) in [5.74, 6) is 1.05. The van der Waals surface area contributed by atoms with Crippen LogP contribution in [0.1, 0.15) is 45.0 Å². The van der Waals surface area contributed by atoms with E-state index in [0.717, 1.165) is 24.8 Å². The van der Waals surface area contributed by atoms with E-state index < -0.39 is 0 Å². The third-order valence-electron chi connectivity index (χ3n) is 5.03. The zero-order chi connectivity index (χ0) is 15.0. The van der Waals surface area contributed by atoms with Crippen molar-refractivity contribution in [1.82, 2.24) is 4.98 Å². The summed E-state index contributed by atoms with van der Waals surface area (Å²) < 4.78 is 1.26. The maximum atomic E-state index is 10.5. The molecule has 0 aliphatic heterocycles. The Bertz CT molecular complexity index is 585. The fraction of sp³-hybridized carbons (Fsp3) is 0.611. The van der Waals surface area contributed by atoms with Crippen LogP contribution in [0.15, 0.2) is 24.3 Å². The minimum Gasteiger partial charge on any atom is -0.393 e. The predicted octanol–water partition coefficient (Wildman–Crippen LogP) is 4.66. The number of para-hydroxylation sites is 1. The van der Waals surface area contributed by atoms with Crippen molar-refractivity contribution in [1.29, 1.82) is 0 Å². The Morgan fingerprint density at radius 3 is 2.76 bits per heavy atom. The Morgan fingerprint density at radius 1 is 1.29 bits per heavy atom. The second-order valence-electron chi connectivity index (χ2n) is 7.33. The molecule has 1 heterocycles. The SMILES string of the molecule is CC1CCC(C(C)(C)Cc2nc3ccccc3s2)C(O)C1. The van der Waals surface area contributed by atoms with E-state index in [9.17, 15) is 5.11 Å². The van der Waals surface area contributed by atoms with Crippen LogP contribution in [0.3, 0.4) is 0 Å². The first-order chi connectivity index (χ1) is 9.95. The average Bonchev–Trinajstić information content (AvgIpc) is 2.79. The Labute approximate surface area is 131 Å². The van der Waals surface area contributed by atoms with Crippen LogP contribution in [0.5, 0.6) is 0 Å². The maximum absolute atomic E-state index is 10.5. The van der Waals surface area contributed by atoms with Crippen molar-refractivity contribution in [2.24, 2.45) is 17.3 Å². The molecule has 3 unspecified atom stereocenters. The Hall–Kier alpha value is -0.930. The van der Waals surface area contributed by atoms with E-state index in [4.69, 9.17) is 4.98 Å². The summed E-state index contributed by atoms with van der Waals surface area (Å²) >= 11 is 1.80. The number of nitrogens with zero attached hydrogens (tertiary/aromatic N) is 1. The first-order valence-electron chi connectivity index (χ1n) is 7.98. The maximum Gasteiger partial charge on any atom is 0.0944 e. The van der Waals surface area contributed by atoms with Gasteiger partial charge in [-0.05, 0) is 42.2 Å². The van der Waals surface area contributed by atoms with E-state index in [1.165, 1.54) is 16.1 Å². The Morgan fingerprint density at radius 2 is 2.05 bits per heavy atom. The lowest BCUT2D eigenvalue weighted by molar-refractivity contribution is -0.0125. The van der Waals surface area contributed by atoms with Crippen molar-refractivity contribution in [2.45, 2.75) is 52.6 Å². The molecule has 1 saturated carbocycles. The normalized spacial score (nSPS) is 27.1. The smallest absolute Gasteiger partial charge is 0.0944 e. The summed E-state index contributed by atoms with van der Waals surface area (Å²) in [6, 6.07) is 8.34. The molecule has 0 spiro atoms. The number of fused-ring (bicyclic) bond motifs is 1. The first-order valence-corrected chi connectivity index (χ1v) is 8.80. The average molecular weight is 303 g/mol. The summed E-state index contributed by atoms with van der Waals surface area (Å²) in [5, 5.41) is 11.7. The molecule has 3 heteroatoms.